The highest BCUT2D eigenvalue weighted by molar-refractivity contribution is 5.87. The molecule has 8 nitrogen and oxygen atoms in total. The molecule has 0 bridgehead atoms. The molecule has 0 aliphatic carbocycles. The van der Waals surface area contributed by atoms with E-state index in [4.69, 9.17) is 0 Å². The van der Waals surface area contributed by atoms with E-state index in [0.717, 1.165) is 96.3 Å². The van der Waals surface area contributed by atoms with Crippen molar-refractivity contribution in [2.75, 3.05) is 28.2 Å². The van der Waals surface area contributed by atoms with Crippen LogP contribution < -0.4 is 21.3 Å². The summed E-state index contributed by atoms with van der Waals surface area (Å²) in [5.74, 6) is 0.877. The van der Waals surface area contributed by atoms with Gasteiger partial charge in [-0.05, 0) is 173 Å². The number of unbranched alkanes of at least 4 members (excludes halogenated alkanes) is 8. The van der Waals surface area contributed by atoms with Crippen LogP contribution in [-0.4, -0.2) is 73.5 Å². The number of carbonyl (C=O) groups excluding carboxylic acids is 4. The summed E-state index contributed by atoms with van der Waals surface area (Å²) >= 11 is 0. The Labute approximate surface area is 340 Å². The second kappa shape index (κ2) is 35.6. The standard InChI is InChI=1S/C14H25NO.C13H25NO.2C10H19NO/c1-5-7-9-11-14(15-4,13(3)16)12-10-8-6-2;1-5-6-7-8-9-10-11-13(3,14-4)12(2)15;2*1-5-6-7-8-10(3,11-4)9(2)12/h5-6,15H,1-2,7-12H2,3-4H3;5,14H,1,6-11H2,2-4H3;2*5,11H,1,6-8H2,2-4H3/t;13-;2*10-/m.010/s1. The van der Waals surface area contributed by atoms with Gasteiger partial charge < -0.3 is 21.3 Å². The Morgan fingerprint density at radius 2 is 0.636 bits per heavy atom. The largest absolute Gasteiger partial charge is 0.308 e. The Balaban J connectivity index is -0.000000318. The monoisotopic (exact) mass is 773 g/mol. The Morgan fingerprint density at radius 1 is 0.382 bits per heavy atom. The predicted molar refractivity (Wildman–Crippen MR) is 241 cm³/mol. The van der Waals surface area contributed by atoms with E-state index >= 15 is 0 Å². The van der Waals surface area contributed by atoms with Crippen molar-refractivity contribution in [3.63, 3.8) is 0 Å². The lowest BCUT2D eigenvalue weighted by Crippen LogP contribution is -2.49. The van der Waals surface area contributed by atoms with Gasteiger partial charge in [0.25, 0.3) is 0 Å². The Hall–Kier alpha value is -2.78. The van der Waals surface area contributed by atoms with Crippen LogP contribution in [0.25, 0.3) is 0 Å². The van der Waals surface area contributed by atoms with Crippen molar-refractivity contribution in [3.8, 4) is 0 Å². The molecule has 0 aromatic rings. The van der Waals surface area contributed by atoms with Gasteiger partial charge in [-0.2, -0.15) is 0 Å². The molecule has 0 aromatic carbocycles. The maximum atomic E-state index is 11.8. The van der Waals surface area contributed by atoms with Crippen molar-refractivity contribution < 1.29 is 19.2 Å². The van der Waals surface area contributed by atoms with Gasteiger partial charge in [0.2, 0.25) is 0 Å². The molecule has 0 saturated heterocycles. The minimum Gasteiger partial charge on any atom is -0.308 e. The first kappa shape index (κ1) is 58.9. The van der Waals surface area contributed by atoms with Crippen LogP contribution in [-0.2, 0) is 19.2 Å². The van der Waals surface area contributed by atoms with Gasteiger partial charge in [0.05, 0.1) is 22.2 Å². The molecule has 0 fully saturated rings. The smallest absolute Gasteiger partial charge is 0.149 e. The molecule has 0 saturated carbocycles. The maximum Gasteiger partial charge on any atom is 0.149 e. The normalized spacial score (nSPS) is 13.9. The summed E-state index contributed by atoms with van der Waals surface area (Å²) in [6.07, 6.45) is 27.9. The quantitative estimate of drug-likeness (QED) is 0.0407. The first-order valence-electron chi connectivity index (χ1n) is 20.7. The molecule has 0 spiro atoms. The van der Waals surface area contributed by atoms with Crippen LogP contribution in [0, 0.1) is 0 Å². The minimum atomic E-state index is -0.344. The fraction of sp³-hybridized carbons (Fsp3) is 0.702. The number of carbonyl (C=O) groups is 4. The summed E-state index contributed by atoms with van der Waals surface area (Å²) in [6, 6.07) is 0. The molecule has 3 atom stereocenters. The summed E-state index contributed by atoms with van der Waals surface area (Å²) in [7, 11) is 7.40. The first-order valence-corrected chi connectivity index (χ1v) is 20.7. The number of hydrogen-bond donors (Lipinski definition) is 4. The molecule has 0 aliphatic heterocycles. The molecule has 0 aromatic heterocycles. The van der Waals surface area contributed by atoms with Gasteiger partial charge in [-0.1, -0.05) is 49.6 Å². The molecule has 0 radical (unpaired) electrons. The third kappa shape index (κ3) is 28.3. The van der Waals surface area contributed by atoms with Gasteiger partial charge in [0.1, 0.15) is 23.1 Å². The van der Waals surface area contributed by atoms with E-state index in [2.05, 4.69) is 54.2 Å². The molecule has 8 heteroatoms. The number of nitrogens with one attached hydrogen (secondary N) is 4. The van der Waals surface area contributed by atoms with Crippen LogP contribution in [0.5, 0.6) is 0 Å². The molecule has 0 amide bonds. The zero-order valence-electron chi connectivity index (χ0n) is 37.8. The zero-order valence-corrected chi connectivity index (χ0v) is 37.8. The van der Waals surface area contributed by atoms with E-state index in [0.29, 0.717) is 0 Å². The average Bonchev–Trinajstić information content (AvgIpc) is 3.16. The number of Topliss-reactive ketones (excluding diaryl/α,β-unsaturated/α-hetero) is 4. The summed E-state index contributed by atoms with van der Waals surface area (Å²) in [5.41, 5.74) is -1.35. The molecule has 4 N–H and O–H groups in total. The van der Waals surface area contributed by atoms with Crippen LogP contribution in [0.15, 0.2) is 63.3 Å². The third-order valence-electron chi connectivity index (χ3n) is 11.2. The van der Waals surface area contributed by atoms with Crippen LogP contribution in [0.4, 0.5) is 0 Å². The van der Waals surface area contributed by atoms with Gasteiger partial charge in [-0.25, -0.2) is 0 Å². The highest BCUT2D eigenvalue weighted by Crippen LogP contribution is 2.23. The van der Waals surface area contributed by atoms with Crippen molar-refractivity contribution in [1.29, 1.82) is 0 Å². The van der Waals surface area contributed by atoms with E-state index in [1.807, 2.05) is 79.3 Å². The molecule has 0 unspecified atom stereocenters. The van der Waals surface area contributed by atoms with Crippen molar-refractivity contribution in [1.82, 2.24) is 21.3 Å². The fourth-order valence-electron chi connectivity index (χ4n) is 5.75. The summed E-state index contributed by atoms with van der Waals surface area (Å²) in [5, 5.41) is 12.4. The minimum absolute atomic E-state index is 0.203. The Kier molecular flexibility index (Phi) is 38.2. The van der Waals surface area contributed by atoms with E-state index in [9.17, 15) is 19.2 Å². The fourth-order valence-corrected chi connectivity index (χ4v) is 5.75. The molecular formula is C47H88N4O4. The van der Waals surface area contributed by atoms with Crippen LogP contribution >= 0.6 is 0 Å². The summed E-state index contributed by atoms with van der Waals surface area (Å²) in [4.78, 5) is 45.6. The topological polar surface area (TPSA) is 116 Å². The van der Waals surface area contributed by atoms with E-state index < -0.39 is 0 Å². The van der Waals surface area contributed by atoms with Gasteiger partial charge >= 0.3 is 0 Å². The van der Waals surface area contributed by atoms with Crippen LogP contribution in [0.2, 0.25) is 0 Å². The second-order valence-corrected chi connectivity index (χ2v) is 15.3. The second-order valence-electron chi connectivity index (χ2n) is 15.3. The number of hydrogen-bond acceptors (Lipinski definition) is 8. The molecule has 320 valence electrons. The van der Waals surface area contributed by atoms with E-state index in [1.165, 1.54) is 19.3 Å². The number of rotatable bonds is 31. The Morgan fingerprint density at radius 3 is 0.873 bits per heavy atom. The number of ketones is 4. The maximum absolute atomic E-state index is 11.8. The number of likely N-dealkylation sites (N-methyl/N-ethyl adjacent to an activating group) is 4. The summed E-state index contributed by atoms with van der Waals surface area (Å²) < 4.78 is 0. The zero-order chi connectivity index (χ0) is 43.4. The van der Waals surface area contributed by atoms with Crippen molar-refractivity contribution in [2.24, 2.45) is 0 Å². The molecule has 0 heterocycles. The lowest BCUT2D eigenvalue weighted by molar-refractivity contribution is -0.124. The number of allylic oxidation sites excluding steroid dienone is 5. The molecule has 55 heavy (non-hydrogen) atoms. The van der Waals surface area contributed by atoms with Crippen molar-refractivity contribution >= 4 is 23.1 Å². The van der Waals surface area contributed by atoms with Gasteiger partial charge in [0, 0.05) is 0 Å². The van der Waals surface area contributed by atoms with E-state index in [-0.39, 0.29) is 45.3 Å². The molecule has 0 rings (SSSR count). The predicted octanol–water partition coefficient (Wildman–Crippen LogP) is 10.1. The van der Waals surface area contributed by atoms with E-state index in [1.54, 1.807) is 27.7 Å². The molecule has 0 aliphatic rings. The first-order chi connectivity index (χ1) is 25.8. The summed E-state index contributed by atoms with van der Waals surface area (Å²) in [6.45, 7) is 30.9. The molecular weight excluding hydrogens is 685 g/mol. The highest BCUT2D eigenvalue weighted by Gasteiger charge is 2.32. The SMILES string of the molecule is C=CCCCC(CCCC=C)(NC)C(C)=O.C=CCCCCCC[C@](C)(NC)C(C)=O.C=CCCC[C@@](C)(NC)C(C)=O.C=CCCC[C@](C)(NC)C(C)=O. The van der Waals surface area contributed by atoms with Crippen LogP contribution in [0.1, 0.15) is 164 Å². The van der Waals surface area contributed by atoms with Gasteiger partial charge in [-0.15, -0.1) is 32.9 Å². The van der Waals surface area contributed by atoms with Crippen LogP contribution in [0.3, 0.4) is 0 Å². The third-order valence-corrected chi connectivity index (χ3v) is 11.2. The highest BCUT2D eigenvalue weighted by atomic mass is 16.1. The lowest BCUT2D eigenvalue weighted by Gasteiger charge is -2.31. The van der Waals surface area contributed by atoms with Gasteiger partial charge in [-0.3, -0.25) is 19.2 Å². The lowest BCUT2D eigenvalue weighted by atomic mass is 9.84. The van der Waals surface area contributed by atoms with Crippen molar-refractivity contribution in [3.05, 3.63) is 63.3 Å². The Bertz CT molecular complexity index is 1050. The average molecular weight is 773 g/mol. The van der Waals surface area contributed by atoms with Gasteiger partial charge in [0.15, 0.2) is 0 Å². The van der Waals surface area contributed by atoms with Crippen molar-refractivity contribution in [2.45, 2.75) is 186 Å².